The SMILES string of the molecule is O=C1CN(c2c(O)cc(C3CCCC3)cc2F)S(=O)(=O)N1. The molecule has 1 heterocycles. The van der Waals surface area contributed by atoms with Crippen LogP contribution in [0, 0.1) is 5.82 Å². The molecule has 2 aliphatic rings. The minimum Gasteiger partial charge on any atom is -0.506 e. The smallest absolute Gasteiger partial charge is 0.326 e. The maximum atomic E-state index is 14.3. The molecule has 1 aliphatic carbocycles. The number of rotatable bonds is 2. The van der Waals surface area contributed by atoms with Crippen LogP contribution in [-0.2, 0) is 15.0 Å². The Morgan fingerprint density at radius 1 is 1.29 bits per heavy atom. The van der Waals surface area contributed by atoms with E-state index in [0.29, 0.717) is 9.87 Å². The van der Waals surface area contributed by atoms with E-state index in [1.54, 1.807) is 4.72 Å². The average Bonchev–Trinajstić information content (AvgIpc) is 2.97. The zero-order valence-electron chi connectivity index (χ0n) is 11.2. The molecule has 0 bridgehead atoms. The number of phenolic OH excluding ortho intramolecular Hbond substituents is 1. The highest BCUT2D eigenvalue weighted by atomic mass is 32.2. The summed E-state index contributed by atoms with van der Waals surface area (Å²) in [4.78, 5) is 11.2. The third-order valence-electron chi connectivity index (χ3n) is 3.96. The van der Waals surface area contributed by atoms with Crippen LogP contribution in [0.4, 0.5) is 10.1 Å². The van der Waals surface area contributed by atoms with Crippen molar-refractivity contribution in [3.8, 4) is 5.75 Å². The molecule has 1 saturated carbocycles. The maximum Gasteiger partial charge on any atom is 0.326 e. The molecule has 0 spiro atoms. The second-order valence-electron chi connectivity index (χ2n) is 5.39. The number of carbonyl (C=O) groups is 1. The first-order valence-corrected chi connectivity index (χ1v) is 8.18. The van der Waals surface area contributed by atoms with Crippen LogP contribution in [0.3, 0.4) is 0 Å². The maximum absolute atomic E-state index is 14.3. The van der Waals surface area contributed by atoms with Gasteiger partial charge < -0.3 is 5.11 Å². The van der Waals surface area contributed by atoms with Gasteiger partial charge in [0.15, 0.2) is 5.82 Å². The monoisotopic (exact) mass is 314 g/mol. The summed E-state index contributed by atoms with van der Waals surface area (Å²) in [7, 11) is -4.13. The molecule has 8 heteroatoms. The van der Waals surface area contributed by atoms with Gasteiger partial charge in [0, 0.05) is 0 Å². The van der Waals surface area contributed by atoms with Crippen molar-refractivity contribution in [2.24, 2.45) is 0 Å². The number of nitrogens with one attached hydrogen (secondary N) is 1. The minimum absolute atomic E-state index is 0.189. The van der Waals surface area contributed by atoms with E-state index >= 15 is 0 Å². The van der Waals surface area contributed by atoms with Crippen LogP contribution in [0.5, 0.6) is 5.75 Å². The summed E-state index contributed by atoms with van der Waals surface area (Å²) >= 11 is 0. The molecule has 2 fully saturated rings. The van der Waals surface area contributed by atoms with Gasteiger partial charge in [-0.1, -0.05) is 12.8 Å². The number of aromatic hydroxyl groups is 1. The molecule has 1 aromatic carbocycles. The van der Waals surface area contributed by atoms with E-state index in [4.69, 9.17) is 0 Å². The van der Waals surface area contributed by atoms with E-state index in [9.17, 15) is 22.7 Å². The average molecular weight is 314 g/mol. The number of hydrogen-bond donors (Lipinski definition) is 2. The second kappa shape index (κ2) is 4.87. The molecule has 0 unspecified atom stereocenters. The van der Waals surface area contributed by atoms with Gasteiger partial charge in [0.25, 0.3) is 5.91 Å². The predicted octanol–water partition coefficient (Wildman–Crippen LogP) is 1.37. The quantitative estimate of drug-likeness (QED) is 0.863. The molecule has 0 atom stereocenters. The van der Waals surface area contributed by atoms with Gasteiger partial charge in [0.05, 0.1) is 0 Å². The largest absolute Gasteiger partial charge is 0.506 e. The van der Waals surface area contributed by atoms with Crippen molar-refractivity contribution in [1.82, 2.24) is 4.72 Å². The fourth-order valence-corrected chi connectivity index (χ4v) is 4.16. The van der Waals surface area contributed by atoms with Crippen LogP contribution in [-0.4, -0.2) is 26.0 Å². The Morgan fingerprint density at radius 3 is 2.48 bits per heavy atom. The lowest BCUT2D eigenvalue weighted by Gasteiger charge is -2.19. The summed E-state index contributed by atoms with van der Waals surface area (Å²) in [5, 5.41) is 10.0. The van der Waals surface area contributed by atoms with Gasteiger partial charge >= 0.3 is 10.2 Å². The lowest BCUT2D eigenvalue weighted by Crippen LogP contribution is -2.30. The topological polar surface area (TPSA) is 86.7 Å². The Balaban J connectivity index is 2.02. The third-order valence-corrected chi connectivity index (χ3v) is 5.34. The van der Waals surface area contributed by atoms with Crippen LogP contribution in [0.25, 0.3) is 0 Å². The van der Waals surface area contributed by atoms with Crippen LogP contribution in [0.1, 0.15) is 37.2 Å². The summed E-state index contributed by atoms with van der Waals surface area (Å²) in [5.41, 5.74) is 0.192. The van der Waals surface area contributed by atoms with Crippen molar-refractivity contribution >= 4 is 21.8 Å². The van der Waals surface area contributed by atoms with Gasteiger partial charge in [-0.2, -0.15) is 8.42 Å². The number of phenols is 1. The molecule has 3 rings (SSSR count). The zero-order chi connectivity index (χ0) is 15.2. The molecular formula is C13H15FN2O4S. The molecule has 0 aromatic heterocycles. The van der Waals surface area contributed by atoms with Crippen LogP contribution >= 0.6 is 0 Å². The van der Waals surface area contributed by atoms with Crippen molar-refractivity contribution in [2.75, 3.05) is 10.8 Å². The Bertz CT molecular complexity index is 675. The molecule has 2 N–H and O–H groups in total. The fourth-order valence-electron chi connectivity index (χ4n) is 2.99. The lowest BCUT2D eigenvalue weighted by atomic mass is 9.97. The summed E-state index contributed by atoms with van der Waals surface area (Å²) < 4.78 is 40.1. The second-order valence-corrected chi connectivity index (χ2v) is 6.98. The third kappa shape index (κ3) is 2.44. The van der Waals surface area contributed by atoms with E-state index in [2.05, 4.69) is 0 Å². The molecule has 21 heavy (non-hydrogen) atoms. The number of benzene rings is 1. The van der Waals surface area contributed by atoms with Gasteiger partial charge in [-0.25, -0.2) is 13.4 Å². The Hall–Kier alpha value is -1.83. The van der Waals surface area contributed by atoms with Crippen molar-refractivity contribution < 1.29 is 22.7 Å². The molecule has 6 nitrogen and oxygen atoms in total. The number of carbonyl (C=O) groups excluding carboxylic acids is 1. The minimum atomic E-state index is -4.13. The van der Waals surface area contributed by atoms with Crippen molar-refractivity contribution in [2.45, 2.75) is 31.6 Å². The molecule has 114 valence electrons. The highest BCUT2D eigenvalue weighted by Gasteiger charge is 2.37. The molecule has 0 radical (unpaired) electrons. The zero-order valence-corrected chi connectivity index (χ0v) is 12.0. The predicted molar refractivity (Wildman–Crippen MR) is 73.7 cm³/mol. The fraction of sp³-hybridized carbons (Fsp3) is 0.462. The highest BCUT2D eigenvalue weighted by Crippen LogP contribution is 2.40. The Labute approximate surface area is 121 Å². The standard InChI is InChI=1S/C13H15FN2O4S/c14-10-5-9(8-3-1-2-4-8)6-11(17)13(10)16-7-12(18)15-21(16,19)20/h5-6,8,17H,1-4,7H2,(H,15,18). The Kier molecular flexibility index (Phi) is 3.27. The molecule has 1 aromatic rings. The number of anilines is 1. The molecule has 1 saturated heterocycles. The summed E-state index contributed by atoms with van der Waals surface area (Å²) in [6.45, 7) is -0.532. The molecule has 1 amide bonds. The molecular weight excluding hydrogens is 299 g/mol. The number of hydrogen-bond acceptors (Lipinski definition) is 4. The van der Waals surface area contributed by atoms with Crippen molar-refractivity contribution in [3.63, 3.8) is 0 Å². The number of halogens is 1. The highest BCUT2D eigenvalue weighted by molar-refractivity contribution is 7.92. The van der Waals surface area contributed by atoms with Crippen LogP contribution < -0.4 is 9.03 Å². The number of amides is 1. The van der Waals surface area contributed by atoms with E-state index < -0.39 is 39.9 Å². The summed E-state index contributed by atoms with van der Waals surface area (Å²) in [6.07, 6.45) is 3.99. The lowest BCUT2D eigenvalue weighted by molar-refractivity contribution is -0.117. The van der Waals surface area contributed by atoms with Crippen LogP contribution in [0.2, 0.25) is 0 Å². The van der Waals surface area contributed by atoms with Gasteiger partial charge in [0.1, 0.15) is 18.0 Å². The first-order valence-electron chi connectivity index (χ1n) is 6.74. The van der Waals surface area contributed by atoms with E-state index in [-0.39, 0.29) is 5.92 Å². The van der Waals surface area contributed by atoms with Gasteiger partial charge in [0.2, 0.25) is 0 Å². The van der Waals surface area contributed by atoms with Crippen molar-refractivity contribution in [1.29, 1.82) is 0 Å². The van der Waals surface area contributed by atoms with Crippen molar-refractivity contribution in [3.05, 3.63) is 23.5 Å². The Morgan fingerprint density at radius 2 is 1.95 bits per heavy atom. The van der Waals surface area contributed by atoms with Crippen LogP contribution in [0.15, 0.2) is 12.1 Å². The normalized spacial score (nSPS) is 21.8. The molecule has 1 aliphatic heterocycles. The van der Waals surface area contributed by atoms with Gasteiger partial charge in [-0.3, -0.25) is 4.79 Å². The van der Waals surface area contributed by atoms with E-state index in [1.807, 2.05) is 0 Å². The van der Waals surface area contributed by atoms with Gasteiger partial charge in [-0.15, -0.1) is 0 Å². The number of nitrogens with zero attached hydrogens (tertiary/aromatic N) is 1. The summed E-state index contributed by atoms with van der Waals surface area (Å²) in [5.74, 6) is -1.86. The van der Waals surface area contributed by atoms with E-state index in [1.165, 1.54) is 12.1 Å². The first kappa shape index (κ1) is 14.1. The first-order chi connectivity index (χ1) is 9.88. The van der Waals surface area contributed by atoms with E-state index in [0.717, 1.165) is 25.7 Å². The van der Waals surface area contributed by atoms with Gasteiger partial charge in [-0.05, 0) is 36.5 Å². The summed E-state index contributed by atoms with van der Waals surface area (Å²) in [6, 6.07) is 2.65.